The largest absolute Gasteiger partial charge is 0.507 e. The van der Waals surface area contributed by atoms with Crippen molar-refractivity contribution in [2.45, 2.75) is 59.3 Å². The van der Waals surface area contributed by atoms with Gasteiger partial charge in [0.1, 0.15) is 5.75 Å². The van der Waals surface area contributed by atoms with E-state index in [-0.39, 0.29) is 5.41 Å². The Morgan fingerprint density at radius 2 is 1.64 bits per heavy atom. The van der Waals surface area contributed by atoms with E-state index < -0.39 is 0 Å². The fraction of sp³-hybridized carbons (Fsp3) is 0.409. The van der Waals surface area contributed by atoms with Crippen LogP contribution in [0.25, 0.3) is 0 Å². The fourth-order valence-corrected chi connectivity index (χ4v) is 3.62. The topological polar surface area (TPSA) is 32.6 Å². The molecule has 25 heavy (non-hydrogen) atoms. The average molecular weight is 356 g/mol. The molecule has 3 heteroatoms. The van der Waals surface area contributed by atoms with E-state index in [9.17, 15) is 5.11 Å². The van der Waals surface area contributed by atoms with Crippen LogP contribution in [-0.4, -0.2) is 11.3 Å². The van der Waals surface area contributed by atoms with Crippen LogP contribution >= 0.6 is 11.9 Å². The Balaban J connectivity index is 2.31. The Morgan fingerprint density at radius 1 is 1.00 bits per heavy atom. The van der Waals surface area contributed by atoms with Gasteiger partial charge in [-0.3, -0.25) is 0 Å². The van der Waals surface area contributed by atoms with Crippen molar-refractivity contribution < 1.29 is 5.11 Å². The molecule has 0 aromatic heterocycles. The molecular weight excluding hydrogens is 326 g/mol. The third-order valence-corrected chi connectivity index (χ3v) is 5.61. The lowest BCUT2D eigenvalue weighted by molar-refractivity contribution is 0.373. The smallest absolute Gasteiger partial charge is 0.122 e. The van der Waals surface area contributed by atoms with Crippen LogP contribution in [0.4, 0.5) is 0 Å². The monoisotopic (exact) mass is 355 g/mol. The Labute approximate surface area is 156 Å². The normalized spacial score (nSPS) is 12.1. The Hall–Kier alpha value is -1.74. The molecule has 2 aromatic carbocycles. The Kier molecular flexibility index (Phi) is 6.34. The zero-order chi connectivity index (χ0) is 18.6. The van der Waals surface area contributed by atoms with Crippen LogP contribution < -0.4 is 0 Å². The van der Waals surface area contributed by atoms with Gasteiger partial charge in [-0.25, -0.2) is 4.40 Å². The summed E-state index contributed by atoms with van der Waals surface area (Å²) in [7, 11) is 0. The van der Waals surface area contributed by atoms with Gasteiger partial charge in [0.05, 0.1) is 0 Å². The molecule has 0 bridgehead atoms. The fourth-order valence-electron chi connectivity index (χ4n) is 2.79. The van der Waals surface area contributed by atoms with Crippen molar-refractivity contribution in [3.63, 3.8) is 0 Å². The average Bonchev–Trinajstić information content (AvgIpc) is 2.56. The number of aromatic hydroxyl groups is 1. The first-order valence-corrected chi connectivity index (χ1v) is 9.55. The van der Waals surface area contributed by atoms with Gasteiger partial charge in [-0.1, -0.05) is 51.1 Å². The molecule has 0 heterocycles. The highest BCUT2D eigenvalue weighted by molar-refractivity contribution is 7.98. The van der Waals surface area contributed by atoms with Gasteiger partial charge in [-0.05, 0) is 66.8 Å². The molecule has 0 saturated heterocycles. The second-order valence-electron chi connectivity index (χ2n) is 7.83. The van der Waals surface area contributed by atoms with Gasteiger partial charge in [-0.15, -0.1) is 0 Å². The highest BCUT2D eigenvalue weighted by Gasteiger charge is 2.19. The predicted octanol–water partition coefficient (Wildman–Crippen LogP) is 6.42. The molecule has 0 unspecified atom stereocenters. The summed E-state index contributed by atoms with van der Waals surface area (Å²) in [6, 6.07) is 10.1. The number of rotatable bonds is 5. The molecular formula is C22H29NOS. The molecule has 0 amide bonds. The summed E-state index contributed by atoms with van der Waals surface area (Å²) in [6.45, 7) is 12.9. The molecule has 0 saturated carbocycles. The van der Waals surface area contributed by atoms with Gasteiger partial charge in [0.2, 0.25) is 0 Å². The van der Waals surface area contributed by atoms with E-state index in [1.807, 2.05) is 43.5 Å². The van der Waals surface area contributed by atoms with E-state index in [1.54, 1.807) is 0 Å². The van der Waals surface area contributed by atoms with Crippen LogP contribution in [0, 0.1) is 26.2 Å². The first-order chi connectivity index (χ1) is 11.7. The Bertz CT molecular complexity index is 758. The van der Waals surface area contributed by atoms with Crippen molar-refractivity contribution >= 4 is 18.2 Å². The van der Waals surface area contributed by atoms with Crippen molar-refractivity contribution in [2.24, 2.45) is 9.81 Å². The highest BCUT2D eigenvalue weighted by Crippen LogP contribution is 2.39. The van der Waals surface area contributed by atoms with Gasteiger partial charge in [0, 0.05) is 23.1 Å². The summed E-state index contributed by atoms with van der Waals surface area (Å²) in [4.78, 5) is 1.16. The molecule has 0 spiro atoms. The summed E-state index contributed by atoms with van der Waals surface area (Å²) >= 11 is 1.50. The van der Waals surface area contributed by atoms with Crippen LogP contribution in [-0.2, 0) is 6.42 Å². The lowest BCUT2D eigenvalue weighted by atomic mass is 9.86. The number of benzene rings is 2. The Morgan fingerprint density at radius 3 is 2.24 bits per heavy atom. The molecule has 2 rings (SSSR count). The molecule has 0 atom stereocenters. The van der Waals surface area contributed by atoms with E-state index in [0.717, 1.165) is 45.6 Å². The summed E-state index contributed by atoms with van der Waals surface area (Å²) in [5.74, 6) is 0.454. The van der Waals surface area contributed by atoms with Crippen LogP contribution in [0.1, 0.15) is 55.0 Å². The summed E-state index contributed by atoms with van der Waals surface area (Å²) in [6.07, 6.45) is 3.82. The number of hydrogen-bond donors (Lipinski definition) is 1. The number of hydrogen-bond acceptors (Lipinski definition) is 3. The van der Waals surface area contributed by atoms with E-state index >= 15 is 0 Å². The first kappa shape index (κ1) is 19.6. The van der Waals surface area contributed by atoms with Crippen molar-refractivity contribution in [1.29, 1.82) is 0 Å². The third kappa shape index (κ3) is 5.12. The predicted molar refractivity (Wildman–Crippen MR) is 110 cm³/mol. The van der Waals surface area contributed by atoms with Crippen LogP contribution in [0.5, 0.6) is 5.75 Å². The number of phenols is 1. The maximum Gasteiger partial charge on any atom is 0.122 e. The molecule has 2 aromatic rings. The maximum absolute atomic E-state index is 10.6. The van der Waals surface area contributed by atoms with Gasteiger partial charge in [0.25, 0.3) is 0 Å². The minimum absolute atomic E-state index is 0.246. The van der Waals surface area contributed by atoms with Crippen molar-refractivity contribution in [3.05, 3.63) is 58.1 Å². The molecule has 134 valence electrons. The first-order valence-electron chi connectivity index (χ1n) is 8.77. The lowest BCUT2D eigenvalue weighted by Gasteiger charge is -2.22. The van der Waals surface area contributed by atoms with Gasteiger partial charge < -0.3 is 5.11 Å². The molecule has 0 fully saturated rings. The minimum atomic E-state index is 0.246. The summed E-state index contributed by atoms with van der Waals surface area (Å²) in [5.41, 5.74) is 5.64. The molecule has 1 N–H and O–H groups in total. The van der Waals surface area contributed by atoms with Gasteiger partial charge >= 0.3 is 0 Å². The molecule has 0 aliphatic rings. The van der Waals surface area contributed by atoms with Gasteiger partial charge in [-0.2, -0.15) is 0 Å². The zero-order valence-electron chi connectivity index (χ0n) is 16.2. The SMILES string of the molecule is Cc1c(C)c(S/N=C/c2ccccc2)c(C)c(CCC(C)(C)C)c1O. The highest BCUT2D eigenvalue weighted by atomic mass is 32.2. The third-order valence-electron chi connectivity index (χ3n) is 4.61. The van der Waals surface area contributed by atoms with Crippen molar-refractivity contribution in [3.8, 4) is 5.75 Å². The van der Waals surface area contributed by atoms with Crippen molar-refractivity contribution in [1.82, 2.24) is 0 Å². The van der Waals surface area contributed by atoms with Crippen molar-refractivity contribution in [2.75, 3.05) is 0 Å². The van der Waals surface area contributed by atoms with Gasteiger partial charge in [0.15, 0.2) is 0 Å². The second kappa shape index (κ2) is 8.09. The number of nitrogens with zero attached hydrogens (tertiary/aromatic N) is 1. The zero-order valence-corrected chi connectivity index (χ0v) is 17.0. The number of phenolic OH excluding ortho intramolecular Hbond substituents is 1. The standard InChI is InChI=1S/C22H29NOS/c1-15-16(2)21(25-23-14-18-10-8-7-9-11-18)17(3)19(20(15)24)12-13-22(4,5)6/h7-11,14,24H,12-13H2,1-6H3/b23-14+. The molecule has 2 nitrogen and oxygen atoms in total. The lowest BCUT2D eigenvalue weighted by Crippen LogP contribution is -2.08. The van der Waals surface area contributed by atoms with Crippen LogP contribution in [0.3, 0.4) is 0 Å². The quantitative estimate of drug-likeness (QED) is 0.495. The van der Waals surface area contributed by atoms with E-state index in [0.29, 0.717) is 5.75 Å². The van der Waals surface area contributed by atoms with Crippen LogP contribution in [0.2, 0.25) is 0 Å². The summed E-state index contributed by atoms with van der Waals surface area (Å²) in [5, 5.41) is 10.6. The van der Waals surface area contributed by atoms with Crippen LogP contribution in [0.15, 0.2) is 39.6 Å². The molecule has 0 aliphatic heterocycles. The molecule has 0 radical (unpaired) electrons. The van der Waals surface area contributed by atoms with E-state index in [4.69, 9.17) is 0 Å². The summed E-state index contributed by atoms with van der Waals surface area (Å²) < 4.78 is 4.56. The van der Waals surface area contributed by atoms with E-state index in [1.165, 1.54) is 11.9 Å². The minimum Gasteiger partial charge on any atom is -0.507 e. The maximum atomic E-state index is 10.6. The molecule has 0 aliphatic carbocycles. The second-order valence-corrected chi connectivity index (χ2v) is 8.63. The van der Waals surface area contributed by atoms with E-state index in [2.05, 4.69) is 39.0 Å².